The Labute approximate surface area is 180 Å². The van der Waals surface area contributed by atoms with E-state index in [0.717, 1.165) is 36.5 Å². The molecular weight excluding hydrogens is 398 g/mol. The molecule has 3 heterocycles. The minimum atomic E-state index is -0.227. The topological polar surface area (TPSA) is 49.1 Å². The van der Waals surface area contributed by atoms with E-state index in [2.05, 4.69) is 29.2 Å². The highest BCUT2D eigenvalue weighted by molar-refractivity contribution is 6.30. The maximum absolute atomic E-state index is 13.3. The van der Waals surface area contributed by atoms with Crippen LogP contribution in [-0.2, 0) is 17.8 Å². The van der Waals surface area contributed by atoms with Gasteiger partial charge in [-0.3, -0.25) is 9.69 Å². The van der Waals surface area contributed by atoms with Crippen molar-refractivity contribution >= 4 is 23.2 Å². The molecule has 1 amide bonds. The van der Waals surface area contributed by atoms with Crippen LogP contribution in [0.5, 0.6) is 0 Å². The highest BCUT2D eigenvalue weighted by Crippen LogP contribution is 2.33. The first kappa shape index (κ1) is 19.1. The summed E-state index contributed by atoms with van der Waals surface area (Å²) in [6.45, 7) is 1.99. The van der Waals surface area contributed by atoms with Gasteiger partial charge < -0.3 is 4.42 Å². The van der Waals surface area contributed by atoms with E-state index < -0.39 is 0 Å². The molecule has 0 radical (unpaired) electrons. The van der Waals surface area contributed by atoms with E-state index in [-0.39, 0.29) is 11.9 Å². The van der Waals surface area contributed by atoms with Crippen molar-refractivity contribution < 1.29 is 9.21 Å². The monoisotopic (exact) mass is 419 g/mol. The number of nitrogens with zero attached hydrogens (tertiary/aromatic N) is 3. The largest absolute Gasteiger partial charge is 0.467 e. The minimum absolute atomic E-state index is 0.0141. The van der Waals surface area contributed by atoms with Crippen LogP contribution >= 0.6 is 11.6 Å². The molecule has 3 aromatic rings. The lowest BCUT2D eigenvalue weighted by Crippen LogP contribution is -2.40. The van der Waals surface area contributed by atoms with Crippen LogP contribution in [0.1, 0.15) is 34.9 Å². The fraction of sp³-hybridized carbons (Fsp3) is 0.250. The van der Waals surface area contributed by atoms with E-state index in [1.165, 1.54) is 11.1 Å². The first-order valence-corrected chi connectivity index (χ1v) is 10.5. The van der Waals surface area contributed by atoms with Gasteiger partial charge in [0.15, 0.2) is 0 Å². The predicted molar refractivity (Wildman–Crippen MR) is 116 cm³/mol. The molecule has 5 rings (SSSR count). The minimum Gasteiger partial charge on any atom is -0.467 e. The number of hydrogen-bond donors (Lipinski definition) is 0. The number of halogens is 1. The first-order valence-electron chi connectivity index (χ1n) is 10.2. The van der Waals surface area contributed by atoms with Crippen LogP contribution in [0.4, 0.5) is 0 Å². The van der Waals surface area contributed by atoms with Gasteiger partial charge in [-0.1, -0.05) is 48.0 Å². The molecule has 0 saturated heterocycles. The average molecular weight is 420 g/mol. The van der Waals surface area contributed by atoms with Crippen LogP contribution in [0.3, 0.4) is 0 Å². The Hall–Kier alpha value is -2.89. The summed E-state index contributed by atoms with van der Waals surface area (Å²) >= 11 is 6.03. The fourth-order valence-electron chi connectivity index (χ4n) is 4.21. The van der Waals surface area contributed by atoms with Crippen molar-refractivity contribution in [3.05, 3.63) is 94.4 Å². The average Bonchev–Trinajstić information content (AvgIpc) is 3.44. The van der Waals surface area contributed by atoms with Gasteiger partial charge in [0.1, 0.15) is 11.8 Å². The Morgan fingerprint density at radius 3 is 2.63 bits per heavy atom. The van der Waals surface area contributed by atoms with Gasteiger partial charge in [-0.15, -0.1) is 0 Å². The molecule has 2 aliphatic heterocycles. The van der Waals surface area contributed by atoms with E-state index in [1.54, 1.807) is 11.3 Å². The predicted octanol–water partition coefficient (Wildman–Crippen LogP) is 4.67. The number of rotatable bonds is 4. The molecule has 1 aromatic heterocycles. The molecule has 152 valence electrons. The second-order valence-electron chi connectivity index (χ2n) is 7.76. The Kier molecular flexibility index (Phi) is 5.15. The molecule has 0 saturated carbocycles. The Balaban J connectivity index is 1.37. The van der Waals surface area contributed by atoms with Crippen molar-refractivity contribution in [1.82, 2.24) is 9.91 Å². The highest BCUT2D eigenvalue weighted by atomic mass is 35.5. The van der Waals surface area contributed by atoms with Crippen molar-refractivity contribution in [1.29, 1.82) is 0 Å². The summed E-state index contributed by atoms with van der Waals surface area (Å²) in [6.07, 6.45) is 3.22. The van der Waals surface area contributed by atoms with Crippen LogP contribution in [0.25, 0.3) is 0 Å². The van der Waals surface area contributed by atoms with Gasteiger partial charge in [-0.25, -0.2) is 5.01 Å². The summed E-state index contributed by atoms with van der Waals surface area (Å²) in [5.41, 5.74) is 4.51. The van der Waals surface area contributed by atoms with E-state index in [9.17, 15) is 4.79 Å². The molecule has 6 heteroatoms. The molecule has 30 heavy (non-hydrogen) atoms. The number of hydrazone groups is 1. The third-order valence-electron chi connectivity index (χ3n) is 5.78. The van der Waals surface area contributed by atoms with Crippen LogP contribution in [0.15, 0.2) is 76.4 Å². The van der Waals surface area contributed by atoms with Gasteiger partial charge in [0.2, 0.25) is 0 Å². The summed E-state index contributed by atoms with van der Waals surface area (Å²) in [5.74, 6) is 0.736. The second-order valence-corrected chi connectivity index (χ2v) is 8.19. The van der Waals surface area contributed by atoms with Crippen molar-refractivity contribution in [2.75, 3.05) is 13.1 Å². The van der Waals surface area contributed by atoms with Gasteiger partial charge in [0.25, 0.3) is 5.91 Å². The molecular formula is C24H22ClN3O2. The number of fused-ring (bicyclic) bond motifs is 1. The molecule has 0 spiro atoms. The van der Waals surface area contributed by atoms with Crippen molar-refractivity contribution in [2.24, 2.45) is 5.10 Å². The lowest BCUT2D eigenvalue weighted by molar-refractivity contribution is -0.134. The Morgan fingerprint density at radius 2 is 1.87 bits per heavy atom. The molecule has 2 aliphatic rings. The van der Waals surface area contributed by atoms with Gasteiger partial charge in [0.05, 0.1) is 18.5 Å². The standard InChI is InChI=1S/C24H22ClN3O2/c25-20-9-7-18(8-10-20)21-14-22(23-6-3-13-30-23)28(26-21)24(29)16-27-12-11-17-4-1-2-5-19(17)15-27/h1-10,13,22H,11-12,14-16H2/t22-/m1/s1. The number of hydrogen-bond acceptors (Lipinski definition) is 4. The molecule has 0 bridgehead atoms. The van der Waals surface area contributed by atoms with Gasteiger partial charge >= 0.3 is 0 Å². The first-order chi connectivity index (χ1) is 14.7. The zero-order valence-electron chi connectivity index (χ0n) is 16.5. The summed E-state index contributed by atoms with van der Waals surface area (Å²) in [4.78, 5) is 15.5. The number of carbonyl (C=O) groups excluding carboxylic acids is 1. The molecule has 0 N–H and O–H groups in total. The number of benzene rings is 2. The van der Waals surface area contributed by atoms with Gasteiger partial charge in [-0.2, -0.15) is 5.10 Å². The summed E-state index contributed by atoms with van der Waals surface area (Å²) in [7, 11) is 0. The van der Waals surface area contributed by atoms with Crippen LogP contribution < -0.4 is 0 Å². The van der Waals surface area contributed by atoms with Crippen LogP contribution in [0.2, 0.25) is 5.02 Å². The molecule has 0 fully saturated rings. The van der Waals surface area contributed by atoms with Crippen molar-refractivity contribution in [2.45, 2.75) is 25.4 Å². The van der Waals surface area contributed by atoms with Gasteiger partial charge in [-0.05, 0) is 47.4 Å². The molecule has 0 aliphatic carbocycles. The van der Waals surface area contributed by atoms with E-state index in [4.69, 9.17) is 21.1 Å². The smallest absolute Gasteiger partial charge is 0.257 e. The molecule has 2 aromatic carbocycles. The van der Waals surface area contributed by atoms with E-state index in [0.29, 0.717) is 18.0 Å². The van der Waals surface area contributed by atoms with Crippen molar-refractivity contribution in [3.8, 4) is 0 Å². The fourth-order valence-corrected chi connectivity index (χ4v) is 4.34. The third kappa shape index (κ3) is 3.78. The zero-order chi connectivity index (χ0) is 20.5. The third-order valence-corrected chi connectivity index (χ3v) is 6.04. The van der Waals surface area contributed by atoms with E-state index in [1.807, 2.05) is 36.4 Å². The number of amides is 1. The van der Waals surface area contributed by atoms with Gasteiger partial charge in [0, 0.05) is 24.5 Å². The summed E-state index contributed by atoms with van der Waals surface area (Å²) in [6, 6.07) is 19.5. The number of carbonyl (C=O) groups is 1. The SMILES string of the molecule is O=C(CN1CCc2ccccc2C1)N1N=C(c2ccc(Cl)cc2)C[C@@H]1c1ccco1. The second kappa shape index (κ2) is 8.09. The highest BCUT2D eigenvalue weighted by Gasteiger charge is 2.35. The number of furan rings is 1. The van der Waals surface area contributed by atoms with Crippen LogP contribution in [0, 0.1) is 0 Å². The van der Waals surface area contributed by atoms with Crippen molar-refractivity contribution in [3.63, 3.8) is 0 Å². The Morgan fingerprint density at radius 1 is 1.07 bits per heavy atom. The normalized spacial score (nSPS) is 18.9. The molecule has 1 atom stereocenters. The maximum atomic E-state index is 13.3. The van der Waals surface area contributed by atoms with E-state index >= 15 is 0 Å². The molecule has 5 nitrogen and oxygen atoms in total. The summed E-state index contributed by atoms with van der Waals surface area (Å²) < 4.78 is 5.64. The Bertz CT molecular complexity index is 1080. The maximum Gasteiger partial charge on any atom is 0.257 e. The summed E-state index contributed by atoms with van der Waals surface area (Å²) in [5, 5.41) is 6.99. The zero-order valence-corrected chi connectivity index (χ0v) is 17.3. The quantitative estimate of drug-likeness (QED) is 0.617. The molecule has 0 unspecified atom stereocenters. The van der Waals surface area contributed by atoms with Crippen LogP contribution in [-0.4, -0.2) is 34.6 Å². The lowest BCUT2D eigenvalue weighted by atomic mass is 10.00. The lowest BCUT2D eigenvalue weighted by Gasteiger charge is -2.30.